The number of hydrogen-bond donors (Lipinski definition) is 2. The van der Waals surface area contributed by atoms with Crippen molar-refractivity contribution in [2.75, 3.05) is 23.3 Å². The van der Waals surface area contributed by atoms with E-state index in [0.29, 0.717) is 40.6 Å². The number of fused-ring (bicyclic) bond motifs is 1. The SMILES string of the molecule is C[C@@H]1C[C@@H](N)C2(CCN(c3nc4c(c(=O)n3C)C(c3ccnc(NC5CC5)c3Cl)=NC4)CC2)C1. The number of aromatic nitrogens is 3. The summed E-state index contributed by atoms with van der Waals surface area (Å²) in [5.74, 6) is 2.08. The minimum absolute atomic E-state index is 0.0766. The van der Waals surface area contributed by atoms with Crippen LogP contribution in [0.3, 0.4) is 0 Å². The van der Waals surface area contributed by atoms with Crippen molar-refractivity contribution in [3.63, 3.8) is 0 Å². The second-order valence-electron chi connectivity index (χ2n) is 10.7. The van der Waals surface area contributed by atoms with Crippen LogP contribution in [0.15, 0.2) is 22.1 Å². The van der Waals surface area contributed by atoms with Crippen LogP contribution in [0.5, 0.6) is 0 Å². The van der Waals surface area contributed by atoms with Crippen molar-refractivity contribution in [3.8, 4) is 0 Å². The van der Waals surface area contributed by atoms with Crippen molar-refractivity contribution in [2.45, 2.75) is 64.1 Å². The molecule has 4 aliphatic rings. The molecule has 3 N–H and O–H groups in total. The van der Waals surface area contributed by atoms with Gasteiger partial charge in [-0.3, -0.25) is 14.4 Å². The first-order valence-corrected chi connectivity index (χ1v) is 12.8. The van der Waals surface area contributed by atoms with Crippen LogP contribution in [0.1, 0.15) is 62.3 Å². The molecule has 0 amide bonds. The maximum absolute atomic E-state index is 13.6. The molecular weight excluding hydrogens is 450 g/mol. The first kappa shape index (κ1) is 22.0. The second kappa shape index (κ2) is 8.05. The molecule has 0 radical (unpaired) electrons. The molecule has 2 aromatic heterocycles. The summed E-state index contributed by atoms with van der Waals surface area (Å²) in [4.78, 5) is 29.8. The summed E-state index contributed by atoms with van der Waals surface area (Å²) >= 11 is 6.70. The maximum atomic E-state index is 13.6. The number of aliphatic imine (C=N–C) groups is 1. The molecule has 6 rings (SSSR count). The zero-order valence-electron chi connectivity index (χ0n) is 19.9. The number of anilines is 2. The Morgan fingerprint density at radius 2 is 2.03 bits per heavy atom. The number of pyridine rings is 1. The fourth-order valence-corrected chi connectivity index (χ4v) is 6.46. The summed E-state index contributed by atoms with van der Waals surface area (Å²) in [5, 5.41) is 3.87. The van der Waals surface area contributed by atoms with Gasteiger partial charge in [0, 0.05) is 44.0 Å². The summed E-state index contributed by atoms with van der Waals surface area (Å²) < 4.78 is 1.67. The third kappa shape index (κ3) is 3.53. The molecule has 2 aliphatic carbocycles. The van der Waals surface area contributed by atoms with E-state index in [1.165, 1.54) is 6.42 Å². The van der Waals surface area contributed by atoms with Gasteiger partial charge in [0.25, 0.3) is 5.56 Å². The van der Waals surface area contributed by atoms with E-state index in [9.17, 15) is 4.79 Å². The smallest absolute Gasteiger partial charge is 0.264 e. The molecule has 180 valence electrons. The zero-order chi connectivity index (χ0) is 23.6. The van der Waals surface area contributed by atoms with Gasteiger partial charge in [0.2, 0.25) is 5.95 Å². The van der Waals surface area contributed by atoms with E-state index in [0.717, 1.165) is 62.4 Å². The summed E-state index contributed by atoms with van der Waals surface area (Å²) in [7, 11) is 1.81. The zero-order valence-corrected chi connectivity index (χ0v) is 20.6. The van der Waals surface area contributed by atoms with Crippen LogP contribution in [0, 0.1) is 11.3 Å². The fourth-order valence-electron chi connectivity index (χ4n) is 6.21. The van der Waals surface area contributed by atoms with Gasteiger partial charge < -0.3 is 16.0 Å². The monoisotopic (exact) mass is 481 g/mol. The van der Waals surface area contributed by atoms with E-state index >= 15 is 0 Å². The third-order valence-corrected chi connectivity index (χ3v) is 8.65. The quantitative estimate of drug-likeness (QED) is 0.695. The lowest BCUT2D eigenvalue weighted by molar-refractivity contribution is 0.192. The van der Waals surface area contributed by atoms with Crippen LogP contribution in [-0.2, 0) is 13.6 Å². The van der Waals surface area contributed by atoms with Gasteiger partial charge in [0.1, 0.15) is 5.82 Å². The molecule has 34 heavy (non-hydrogen) atoms. The van der Waals surface area contributed by atoms with Crippen LogP contribution in [-0.4, -0.2) is 45.4 Å². The Morgan fingerprint density at radius 3 is 2.71 bits per heavy atom. The van der Waals surface area contributed by atoms with Crippen molar-refractivity contribution in [1.29, 1.82) is 0 Å². The normalized spacial score (nSPS) is 25.5. The first-order valence-electron chi connectivity index (χ1n) is 12.4. The van der Waals surface area contributed by atoms with E-state index in [4.69, 9.17) is 27.3 Å². The third-order valence-electron chi connectivity index (χ3n) is 8.27. The number of rotatable bonds is 4. The summed E-state index contributed by atoms with van der Waals surface area (Å²) in [5.41, 5.74) is 9.34. The van der Waals surface area contributed by atoms with Crippen molar-refractivity contribution in [2.24, 2.45) is 29.1 Å². The largest absolute Gasteiger partial charge is 0.366 e. The van der Waals surface area contributed by atoms with Gasteiger partial charge in [-0.15, -0.1) is 0 Å². The Bertz CT molecular complexity index is 1230. The number of piperidine rings is 1. The molecule has 9 heteroatoms. The van der Waals surface area contributed by atoms with Crippen LogP contribution in [0.4, 0.5) is 11.8 Å². The predicted molar refractivity (Wildman–Crippen MR) is 135 cm³/mol. The van der Waals surface area contributed by atoms with E-state index in [2.05, 4.69) is 22.1 Å². The van der Waals surface area contributed by atoms with Crippen molar-refractivity contribution in [3.05, 3.63) is 44.5 Å². The summed E-state index contributed by atoms with van der Waals surface area (Å²) in [6, 6.07) is 2.54. The standard InChI is InChI=1S/C25H32ClN7O/c1-14-11-18(27)25(12-14)6-9-33(10-7-25)24-31-17-13-29-21(19(17)23(34)32(24)2)16-5-8-28-22(20(16)26)30-15-3-4-15/h5,8,14-15,18H,3-4,6-7,9-13,27H2,1-2H3,(H,28,30)/t14-,18-/m1/s1. The van der Waals surface area contributed by atoms with Crippen molar-refractivity contribution >= 4 is 29.1 Å². The second-order valence-corrected chi connectivity index (χ2v) is 11.1. The number of nitrogens with one attached hydrogen (secondary N) is 1. The fraction of sp³-hybridized carbons (Fsp3) is 0.600. The van der Waals surface area contributed by atoms with E-state index in [1.807, 2.05) is 13.1 Å². The van der Waals surface area contributed by atoms with Crippen molar-refractivity contribution in [1.82, 2.24) is 14.5 Å². The van der Waals surface area contributed by atoms with Gasteiger partial charge in [-0.05, 0) is 55.9 Å². The molecule has 2 aromatic rings. The predicted octanol–water partition coefficient (Wildman–Crippen LogP) is 3.10. The molecule has 1 saturated heterocycles. The van der Waals surface area contributed by atoms with Gasteiger partial charge in [0.15, 0.2) is 0 Å². The minimum atomic E-state index is -0.0766. The van der Waals surface area contributed by atoms with Crippen LogP contribution < -0.4 is 21.5 Å². The molecule has 8 nitrogen and oxygen atoms in total. The Kier molecular flexibility index (Phi) is 5.22. The highest BCUT2D eigenvalue weighted by Crippen LogP contribution is 2.48. The van der Waals surface area contributed by atoms with Crippen molar-refractivity contribution < 1.29 is 0 Å². The average molecular weight is 482 g/mol. The lowest BCUT2D eigenvalue weighted by Gasteiger charge is -2.42. The molecular formula is C25H32ClN7O. The van der Waals surface area contributed by atoms with E-state index in [1.54, 1.807) is 10.8 Å². The first-order chi connectivity index (χ1) is 16.4. The minimum Gasteiger partial charge on any atom is -0.366 e. The average Bonchev–Trinajstić information content (AvgIpc) is 3.47. The molecule has 2 atom stereocenters. The summed E-state index contributed by atoms with van der Waals surface area (Å²) in [6.07, 6.45) is 8.40. The highest BCUT2D eigenvalue weighted by molar-refractivity contribution is 6.37. The lowest BCUT2D eigenvalue weighted by Crippen LogP contribution is -2.48. The number of nitrogens with two attached hydrogens (primary N) is 1. The molecule has 2 aliphatic heterocycles. The van der Waals surface area contributed by atoms with Crippen LogP contribution in [0.2, 0.25) is 5.02 Å². The summed E-state index contributed by atoms with van der Waals surface area (Å²) in [6.45, 7) is 4.45. The molecule has 0 aromatic carbocycles. The van der Waals surface area contributed by atoms with Gasteiger partial charge in [0.05, 0.1) is 28.5 Å². The van der Waals surface area contributed by atoms with Crippen LogP contribution >= 0.6 is 11.6 Å². The van der Waals surface area contributed by atoms with E-state index < -0.39 is 0 Å². The highest BCUT2D eigenvalue weighted by atomic mass is 35.5. The maximum Gasteiger partial charge on any atom is 0.264 e. The Balaban J connectivity index is 1.28. The van der Waals surface area contributed by atoms with Gasteiger partial charge >= 0.3 is 0 Å². The van der Waals surface area contributed by atoms with Gasteiger partial charge in [-0.1, -0.05) is 18.5 Å². The van der Waals surface area contributed by atoms with Gasteiger partial charge in [-0.2, -0.15) is 0 Å². The molecule has 4 heterocycles. The molecule has 0 unspecified atom stereocenters. The highest BCUT2D eigenvalue weighted by Gasteiger charge is 2.46. The molecule has 0 bridgehead atoms. The Labute approximate surface area is 204 Å². The Morgan fingerprint density at radius 1 is 1.26 bits per heavy atom. The molecule has 2 saturated carbocycles. The van der Waals surface area contributed by atoms with Gasteiger partial charge in [-0.25, -0.2) is 9.97 Å². The molecule has 3 fully saturated rings. The van der Waals surface area contributed by atoms with E-state index in [-0.39, 0.29) is 17.0 Å². The molecule has 1 spiro atoms. The number of nitrogens with zero attached hydrogens (tertiary/aromatic N) is 5. The van der Waals surface area contributed by atoms with Crippen LogP contribution in [0.25, 0.3) is 0 Å². The topological polar surface area (TPSA) is 101 Å². The Hall–Kier alpha value is -2.45. The lowest BCUT2D eigenvalue weighted by atomic mass is 9.74. The number of halogens is 1. The number of hydrogen-bond acceptors (Lipinski definition) is 7.